The molecule has 1 fully saturated rings. The summed E-state index contributed by atoms with van der Waals surface area (Å²) in [6.07, 6.45) is 0.224. The molecule has 0 spiro atoms. The Morgan fingerprint density at radius 2 is 2.20 bits per heavy atom. The average molecular weight is 336 g/mol. The van der Waals surface area contributed by atoms with Gasteiger partial charge in [-0.1, -0.05) is 6.07 Å². The van der Waals surface area contributed by atoms with Crippen LogP contribution in [0.4, 0.5) is 5.69 Å². The van der Waals surface area contributed by atoms with Gasteiger partial charge in [0, 0.05) is 17.1 Å². The van der Waals surface area contributed by atoms with Gasteiger partial charge in [-0.05, 0) is 54.5 Å². The van der Waals surface area contributed by atoms with Gasteiger partial charge in [0.2, 0.25) is 5.91 Å². The lowest BCUT2D eigenvalue weighted by atomic mass is 10.0. The maximum Gasteiger partial charge on any atom is 0.245 e. The van der Waals surface area contributed by atoms with Crippen molar-refractivity contribution in [3.8, 4) is 6.07 Å². The molecule has 0 radical (unpaired) electrons. The lowest BCUT2D eigenvalue weighted by Gasteiger charge is -2.42. The lowest BCUT2D eigenvalue weighted by molar-refractivity contribution is -0.126. The minimum atomic E-state index is -0.357. The molecule has 106 valence electrons. The molecule has 1 aliphatic rings. The van der Waals surface area contributed by atoms with Gasteiger partial charge in [0.15, 0.2) is 0 Å². The van der Waals surface area contributed by atoms with Crippen LogP contribution in [0.2, 0.25) is 0 Å². The van der Waals surface area contributed by atoms with E-state index in [9.17, 15) is 4.79 Å². The number of halogens is 1. The smallest absolute Gasteiger partial charge is 0.245 e. The van der Waals surface area contributed by atoms with Crippen LogP contribution in [0.1, 0.15) is 18.9 Å². The fraction of sp³-hybridized carbons (Fsp3) is 0.467. The standard InChI is InChI=1S/C15H18BrN3O/c1-10-4-5-13(12(16)8-10)19-11(2)9-18(3)14(6-7-17)15(19)20/h4-5,8,11,14H,6,9H2,1-3H3. The largest absolute Gasteiger partial charge is 0.306 e. The molecule has 0 saturated carbocycles. The molecular weight excluding hydrogens is 318 g/mol. The van der Waals surface area contributed by atoms with Gasteiger partial charge in [-0.2, -0.15) is 5.26 Å². The number of carbonyl (C=O) groups excluding carboxylic acids is 1. The molecule has 20 heavy (non-hydrogen) atoms. The highest BCUT2D eigenvalue weighted by molar-refractivity contribution is 9.10. The average Bonchev–Trinajstić information content (AvgIpc) is 2.37. The van der Waals surface area contributed by atoms with Crippen molar-refractivity contribution < 1.29 is 4.79 Å². The first-order valence-corrected chi connectivity index (χ1v) is 7.41. The van der Waals surface area contributed by atoms with Gasteiger partial charge in [-0.15, -0.1) is 0 Å². The van der Waals surface area contributed by atoms with Crippen molar-refractivity contribution in [3.05, 3.63) is 28.2 Å². The number of likely N-dealkylation sites (N-methyl/N-ethyl adjacent to an activating group) is 1. The Bertz CT molecular complexity index is 567. The highest BCUT2D eigenvalue weighted by atomic mass is 79.9. The lowest BCUT2D eigenvalue weighted by Crippen LogP contribution is -2.60. The number of rotatable bonds is 2. The maximum atomic E-state index is 12.7. The van der Waals surface area contributed by atoms with E-state index in [1.807, 2.05) is 48.9 Å². The predicted octanol–water partition coefficient (Wildman–Crippen LogP) is 2.71. The van der Waals surface area contributed by atoms with Crippen LogP contribution in [0.3, 0.4) is 0 Å². The molecule has 2 unspecified atom stereocenters. The van der Waals surface area contributed by atoms with Crippen LogP contribution in [0, 0.1) is 18.3 Å². The summed E-state index contributed by atoms with van der Waals surface area (Å²) in [4.78, 5) is 16.5. The molecule has 0 N–H and O–H groups in total. The summed E-state index contributed by atoms with van der Waals surface area (Å²) in [6, 6.07) is 7.80. The molecule has 0 aromatic heterocycles. The van der Waals surface area contributed by atoms with Crippen molar-refractivity contribution in [2.75, 3.05) is 18.5 Å². The number of piperazine rings is 1. The van der Waals surface area contributed by atoms with E-state index in [-0.39, 0.29) is 24.4 Å². The van der Waals surface area contributed by atoms with Gasteiger partial charge in [0.1, 0.15) is 6.04 Å². The van der Waals surface area contributed by atoms with Crippen LogP contribution in [0.5, 0.6) is 0 Å². The van der Waals surface area contributed by atoms with E-state index in [1.165, 1.54) is 0 Å². The molecule has 1 amide bonds. The summed E-state index contributed by atoms with van der Waals surface area (Å²) >= 11 is 3.54. The van der Waals surface area contributed by atoms with E-state index in [1.54, 1.807) is 0 Å². The van der Waals surface area contributed by atoms with Crippen LogP contribution in [0.15, 0.2) is 22.7 Å². The number of amides is 1. The molecule has 1 heterocycles. The minimum Gasteiger partial charge on any atom is -0.306 e. The first kappa shape index (κ1) is 15.0. The quantitative estimate of drug-likeness (QED) is 0.834. The monoisotopic (exact) mass is 335 g/mol. The molecule has 0 bridgehead atoms. The minimum absolute atomic E-state index is 0.00245. The number of nitriles is 1. The molecule has 0 aliphatic carbocycles. The van der Waals surface area contributed by atoms with Gasteiger partial charge < -0.3 is 4.90 Å². The molecule has 2 atom stereocenters. The maximum absolute atomic E-state index is 12.7. The Kier molecular flexibility index (Phi) is 4.46. The summed E-state index contributed by atoms with van der Waals surface area (Å²) in [5, 5.41) is 8.91. The summed E-state index contributed by atoms with van der Waals surface area (Å²) in [6.45, 7) is 4.81. The Hall–Kier alpha value is -1.38. The molecule has 1 aromatic carbocycles. The van der Waals surface area contributed by atoms with Gasteiger partial charge in [0.25, 0.3) is 0 Å². The zero-order valence-electron chi connectivity index (χ0n) is 11.9. The van der Waals surface area contributed by atoms with E-state index in [2.05, 4.69) is 22.0 Å². The Morgan fingerprint density at radius 3 is 2.80 bits per heavy atom. The number of nitrogens with zero attached hydrogens (tertiary/aromatic N) is 3. The van der Waals surface area contributed by atoms with E-state index in [4.69, 9.17) is 5.26 Å². The topological polar surface area (TPSA) is 47.3 Å². The molecular formula is C15H18BrN3O. The zero-order chi connectivity index (χ0) is 14.9. The van der Waals surface area contributed by atoms with E-state index in [0.29, 0.717) is 0 Å². The number of hydrogen-bond donors (Lipinski definition) is 0. The predicted molar refractivity (Wildman–Crippen MR) is 82.5 cm³/mol. The zero-order valence-corrected chi connectivity index (χ0v) is 13.5. The van der Waals surface area contributed by atoms with Crippen molar-refractivity contribution in [1.82, 2.24) is 4.90 Å². The number of anilines is 1. The third-order valence-electron chi connectivity index (χ3n) is 3.69. The normalized spacial score (nSPS) is 23.8. The van der Waals surface area contributed by atoms with Gasteiger partial charge >= 0.3 is 0 Å². The number of hydrogen-bond acceptors (Lipinski definition) is 3. The Labute approximate surface area is 128 Å². The van der Waals surface area contributed by atoms with Crippen molar-refractivity contribution in [2.45, 2.75) is 32.4 Å². The molecule has 5 heteroatoms. The molecule has 1 saturated heterocycles. The molecule has 1 aliphatic heterocycles. The third kappa shape index (κ3) is 2.72. The number of benzene rings is 1. The van der Waals surface area contributed by atoms with Gasteiger partial charge in [-0.3, -0.25) is 9.69 Å². The summed E-state index contributed by atoms with van der Waals surface area (Å²) < 4.78 is 0.915. The first-order chi connectivity index (χ1) is 9.45. The second kappa shape index (κ2) is 5.94. The second-order valence-electron chi connectivity index (χ2n) is 5.33. The van der Waals surface area contributed by atoms with Crippen LogP contribution in [-0.2, 0) is 4.79 Å². The van der Waals surface area contributed by atoms with Crippen molar-refractivity contribution in [1.29, 1.82) is 5.26 Å². The Balaban J connectivity index is 2.39. The summed E-state index contributed by atoms with van der Waals surface area (Å²) in [5.41, 5.74) is 2.02. The van der Waals surface area contributed by atoms with Crippen molar-refractivity contribution in [2.24, 2.45) is 0 Å². The third-order valence-corrected chi connectivity index (χ3v) is 4.33. The van der Waals surface area contributed by atoms with E-state index >= 15 is 0 Å². The van der Waals surface area contributed by atoms with Crippen LogP contribution in [0.25, 0.3) is 0 Å². The van der Waals surface area contributed by atoms with Crippen molar-refractivity contribution >= 4 is 27.5 Å². The van der Waals surface area contributed by atoms with Gasteiger partial charge in [0.05, 0.1) is 18.2 Å². The molecule has 2 rings (SSSR count). The van der Waals surface area contributed by atoms with Crippen LogP contribution >= 0.6 is 15.9 Å². The molecule has 1 aromatic rings. The van der Waals surface area contributed by atoms with Gasteiger partial charge in [-0.25, -0.2) is 0 Å². The van der Waals surface area contributed by atoms with E-state index in [0.717, 1.165) is 22.3 Å². The Morgan fingerprint density at radius 1 is 1.50 bits per heavy atom. The second-order valence-corrected chi connectivity index (χ2v) is 6.18. The summed E-state index contributed by atoms with van der Waals surface area (Å²) in [7, 11) is 1.90. The SMILES string of the molecule is Cc1ccc(N2C(=O)C(CC#N)N(C)CC2C)c(Br)c1. The highest BCUT2D eigenvalue weighted by Gasteiger charge is 2.37. The molecule has 4 nitrogen and oxygen atoms in total. The first-order valence-electron chi connectivity index (χ1n) is 6.62. The highest BCUT2D eigenvalue weighted by Crippen LogP contribution is 2.32. The van der Waals surface area contributed by atoms with E-state index < -0.39 is 0 Å². The van der Waals surface area contributed by atoms with Crippen LogP contribution in [-0.4, -0.2) is 36.5 Å². The number of carbonyl (C=O) groups is 1. The number of aryl methyl sites for hydroxylation is 1. The van der Waals surface area contributed by atoms with Crippen molar-refractivity contribution in [3.63, 3.8) is 0 Å². The fourth-order valence-corrected chi connectivity index (χ4v) is 3.37. The fourth-order valence-electron chi connectivity index (χ4n) is 2.69. The summed E-state index contributed by atoms with van der Waals surface area (Å²) in [5.74, 6) is -0.00245. The van der Waals surface area contributed by atoms with Crippen LogP contribution < -0.4 is 4.90 Å².